The average molecular weight is 221 g/mol. The first-order valence-electron chi connectivity index (χ1n) is 4.47. The summed E-state index contributed by atoms with van der Waals surface area (Å²) >= 11 is 1.47. The minimum absolute atomic E-state index is 0.583. The maximum absolute atomic E-state index is 5.56. The highest BCUT2D eigenvalue weighted by molar-refractivity contribution is 7.15. The Bertz CT molecular complexity index is 455. The summed E-state index contributed by atoms with van der Waals surface area (Å²) < 4.78 is 5.21. The van der Waals surface area contributed by atoms with Crippen molar-refractivity contribution in [1.29, 1.82) is 0 Å². The summed E-state index contributed by atoms with van der Waals surface area (Å²) in [4.78, 5) is 9.35. The van der Waals surface area contributed by atoms with Crippen molar-refractivity contribution in [3.05, 3.63) is 35.1 Å². The van der Waals surface area contributed by atoms with E-state index in [4.69, 9.17) is 10.5 Å². The minimum atomic E-state index is 0.583. The minimum Gasteiger partial charge on any atom is -0.495 e. The van der Waals surface area contributed by atoms with Crippen molar-refractivity contribution in [2.45, 2.75) is 6.42 Å². The van der Waals surface area contributed by atoms with Crippen LogP contribution < -0.4 is 10.5 Å². The van der Waals surface area contributed by atoms with E-state index in [2.05, 4.69) is 9.97 Å². The smallest absolute Gasteiger partial charge is 0.180 e. The molecule has 0 unspecified atom stereocenters. The van der Waals surface area contributed by atoms with E-state index < -0.39 is 0 Å². The Morgan fingerprint density at radius 2 is 2.33 bits per heavy atom. The number of rotatable bonds is 3. The molecule has 4 nitrogen and oxygen atoms in total. The first kappa shape index (κ1) is 9.92. The lowest BCUT2D eigenvalue weighted by Gasteiger charge is -2.04. The van der Waals surface area contributed by atoms with Crippen LogP contribution in [0.4, 0.5) is 5.13 Å². The van der Waals surface area contributed by atoms with Gasteiger partial charge >= 0.3 is 0 Å². The summed E-state index contributed by atoms with van der Waals surface area (Å²) in [5, 5.41) is 0.583. The number of hydrogen-bond acceptors (Lipinski definition) is 5. The van der Waals surface area contributed by atoms with Gasteiger partial charge in [0.25, 0.3) is 0 Å². The summed E-state index contributed by atoms with van der Waals surface area (Å²) in [7, 11) is 1.64. The Hall–Kier alpha value is -1.62. The van der Waals surface area contributed by atoms with E-state index in [0.717, 1.165) is 16.3 Å². The third-order valence-corrected chi connectivity index (χ3v) is 2.81. The molecule has 2 heterocycles. The van der Waals surface area contributed by atoms with Crippen molar-refractivity contribution in [3.63, 3.8) is 0 Å². The highest BCUT2D eigenvalue weighted by Crippen LogP contribution is 2.22. The van der Waals surface area contributed by atoms with E-state index in [1.807, 2.05) is 12.1 Å². The molecule has 0 aliphatic carbocycles. The van der Waals surface area contributed by atoms with Crippen LogP contribution in [0.15, 0.2) is 24.5 Å². The summed E-state index contributed by atoms with van der Waals surface area (Å²) in [5.41, 5.74) is 6.46. The van der Waals surface area contributed by atoms with Crippen LogP contribution >= 0.6 is 11.3 Å². The number of anilines is 1. The number of aromatic nitrogens is 2. The molecule has 0 fully saturated rings. The van der Waals surface area contributed by atoms with Gasteiger partial charge in [0.15, 0.2) is 5.13 Å². The first-order chi connectivity index (χ1) is 7.29. The van der Waals surface area contributed by atoms with Gasteiger partial charge in [-0.1, -0.05) is 0 Å². The maximum atomic E-state index is 5.56. The largest absolute Gasteiger partial charge is 0.495 e. The molecule has 2 N–H and O–H groups in total. The van der Waals surface area contributed by atoms with Crippen LogP contribution in [-0.4, -0.2) is 17.1 Å². The fourth-order valence-corrected chi connectivity index (χ4v) is 2.00. The number of hydrogen-bond donors (Lipinski definition) is 1. The number of thiazole rings is 1. The topological polar surface area (TPSA) is 61.0 Å². The predicted octanol–water partition coefficient (Wildman–Crippen LogP) is 1.72. The van der Waals surface area contributed by atoms with E-state index >= 15 is 0 Å². The third-order valence-electron chi connectivity index (χ3n) is 1.98. The van der Waals surface area contributed by atoms with Crippen LogP contribution in [0.3, 0.4) is 0 Å². The van der Waals surface area contributed by atoms with Crippen LogP contribution in [0.1, 0.15) is 10.6 Å². The van der Waals surface area contributed by atoms with Crippen LogP contribution in [0.5, 0.6) is 5.75 Å². The van der Waals surface area contributed by atoms with Gasteiger partial charge in [-0.3, -0.25) is 4.98 Å². The van der Waals surface area contributed by atoms with Gasteiger partial charge in [0, 0.05) is 23.7 Å². The number of nitrogens with zero attached hydrogens (tertiary/aromatic N) is 2. The summed E-state index contributed by atoms with van der Waals surface area (Å²) in [6.07, 6.45) is 4.23. The predicted molar refractivity (Wildman–Crippen MR) is 60.1 cm³/mol. The Morgan fingerprint density at radius 1 is 1.47 bits per heavy atom. The molecule has 0 bridgehead atoms. The van der Waals surface area contributed by atoms with Gasteiger partial charge in [-0.05, 0) is 12.1 Å². The number of ether oxygens (including phenoxy) is 1. The molecule has 0 saturated heterocycles. The van der Waals surface area contributed by atoms with E-state index in [0.29, 0.717) is 11.6 Å². The van der Waals surface area contributed by atoms with E-state index in [1.54, 1.807) is 19.5 Å². The van der Waals surface area contributed by atoms with Crippen LogP contribution in [0.2, 0.25) is 0 Å². The Kier molecular flexibility index (Phi) is 2.82. The zero-order valence-corrected chi connectivity index (χ0v) is 9.12. The molecule has 0 amide bonds. The molecule has 2 aromatic heterocycles. The Labute approximate surface area is 91.8 Å². The first-order valence-corrected chi connectivity index (χ1v) is 5.29. The van der Waals surface area contributed by atoms with Crippen molar-refractivity contribution in [2.24, 2.45) is 0 Å². The number of pyridine rings is 1. The van der Waals surface area contributed by atoms with Crippen molar-refractivity contribution in [2.75, 3.05) is 12.8 Å². The van der Waals surface area contributed by atoms with Crippen LogP contribution in [-0.2, 0) is 6.42 Å². The zero-order chi connectivity index (χ0) is 10.7. The molecule has 2 aromatic rings. The fraction of sp³-hybridized carbons (Fsp3) is 0.200. The molecule has 0 saturated carbocycles. The second kappa shape index (κ2) is 4.27. The lowest BCUT2D eigenvalue weighted by molar-refractivity contribution is 0.408. The molecule has 2 rings (SSSR count). The SMILES string of the molecule is COc1cccnc1Cc1cnc(N)s1. The molecule has 5 heteroatoms. The van der Waals surface area contributed by atoms with E-state index in [9.17, 15) is 0 Å². The molecular weight excluding hydrogens is 210 g/mol. The summed E-state index contributed by atoms with van der Waals surface area (Å²) in [6, 6.07) is 3.75. The molecule has 0 radical (unpaired) electrons. The second-order valence-electron chi connectivity index (χ2n) is 2.99. The van der Waals surface area contributed by atoms with Gasteiger partial charge in [-0.25, -0.2) is 4.98 Å². The molecule has 0 aromatic carbocycles. The number of nitrogen functional groups attached to an aromatic ring is 1. The molecule has 15 heavy (non-hydrogen) atoms. The van der Waals surface area contributed by atoms with Gasteiger partial charge in [-0.2, -0.15) is 0 Å². The standard InChI is InChI=1S/C10H11N3OS/c1-14-9-3-2-4-12-8(9)5-7-6-13-10(11)15-7/h2-4,6H,5H2,1H3,(H2,11,13). The van der Waals surface area contributed by atoms with E-state index in [1.165, 1.54) is 11.3 Å². The Morgan fingerprint density at radius 3 is 3.00 bits per heavy atom. The molecule has 0 aliphatic rings. The molecule has 0 spiro atoms. The molecular formula is C10H11N3OS. The van der Waals surface area contributed by atoms with Gasteiger partial charge < -0.3 is 10.5 Å². The molecule has 0 atom stereocenters. The highest BCUT2D eigenvalue weighted by atomic mass is 32.1. The molecule has 78 valence electrons. The monoisotopic (exact) mass is 221 g/mol. The number of nitrogens with two attached hydrogens (primary N) is 1. The highest BCUT2D eigenvalue weighted by Gasteiger charge is 2.06. The summed E-state index contributed by atoms with van der Waals surface area (Å²) in [6.45, 7) is 0. The van der Waals surface area contributed by atoms with Crippen LogP contribution in [0.25, 0.3) is 0 Å². The van der Waals surface area contributed by atoms with Crippen molar-refractivity contribution < 1.29 is 4.74 Å². The lowest BCUT2D eigenvalue weighted by Crippen LogP contribution is -1.95. The maximum Gasteiger partial charge on any atom is 0.180 e. The van der Waals surface area contributed by atoms with Crippen LogP contribution in [0, 0.1) is 0 Å². The van der Waals surface area contributed by atoms with Gasteiger partial charge in [0.1, 0.15) is 5.75 Å². The lowest BCUT2D eigenvalue weighted by atomic mass is 10.2. The van der Waals surface area contributed by atoms with Gasteiger partial charge in [0.2, 0.25) is 0 Å². The third kappa shape index (κ3) is 2.24. The average Bonchev–Trinajstić information content (AvgIpc) is 2.65. The quantitative estimate of drug-likeness (QED) is 0.857. The number of methoxy groups -OCH3 is 1. The van der Waals surface area contributed by atoms with Crippen molar-refractivity contribution >= 4 is 16.5 Å². The zero-order valence-electron chi connectivity index (χ0n) is 8.30. The normalized spacial score (nSPS) is 10.2. The Balaban J connectivity index is 2.23. The van der Waals surface area contributed by atoms with Gasteiger partial charge in [-0.15, -0.1) is 11.3 Å². The van der Waals surface area contributed by atoms with E-state index in [-0.39, 0.29) is 0 Å². The second-order valence-corrected chi connectivity index (χ2v) is 4.14. The van der Waals surface area contributed by atoms with Crippen molar-refractivity contribution in [3.8, 4) is 5.75 Å². The van der Waals surface area contributed by atoms with Crippen molar-refractivity contribution in [1.82, 2.24) is 9.97 Å². The van der Waals surface area contributed by atoms with Gasteiger partial charge in [0.05, 0.1) is 12.8 Å². The fourth-order valence-electron chi connectivity index (χ4n) is 1.31. The molecule has 0 aliphatic heterocycles. The summed E-state index contributed by atoms with van der Waals surface area (Å²) in [5.74, 6) is 0.796.